The van der Waals surface area contributed by atoms with Crippen molar-refractivity contribution in [3.8, 4) is 6.07 Å². The summed E-state index contributed by atoms with van der Waals surface area (Å²) < 4.78 is 0. The molecule has 1 atom stereocenters. The summed E-state index contributed by atoms with van der Waals surface area (Å²) in [6.07, 6.45) is 0.375. The first-order valence-corrected chi connectivity index (χ1v) is 4.98. The van der Waals surface area contributed by atoms with Crippen LogP contribution in [0.25, 0.3) is 0 Å². The van der Waals surface area contributed by atoms with E-state index in [2.05, 4.69) is 11.4 Å². The highest BCUT2D eigenvalue weighted by molar-refractivity contribution is 6.32. The summed E-state index contributed by atoms with van der Waals surface area (Å²) in [6, 6.07) is 9.17. The summed E-state index contributed by atoms with van der Waals surface area (Å²) in [4.78, 5) is 11.2. The van der Waals surface area contributed by atoms with Crippen molar-refractivity contribution in [2.75, 3.05) is 5.32 Å². The molecule has 1 aromatic rings. The third kappa shape index (κ3) is 3.61. The van der Waals surface area contributed by atoms with Crippen molar-refractivity contribution in [1.29, 1.82) is 5.26 Å². The van der Waals surface area contributed by atoms with Gasteiger partial charge in [-0.05, 0) is 24.6 Å². The summed E-state index contributed by atoms with van der Waals surface area (Å²) in [7, 11) is 0. The lowest BCUT2D eigenvalue weighted by Gasteiger charge is -2.06. The lowest BCUT2D eigenvalue weighted by Crippen LogP contribution is -2.20. The predicted molar refractivity (Wildman–Crippen MR) is 59.7 cm³/mol. The zero-order valence-electron chi connectivity index (χ0n) is 8.33. The monoisotopic (exact) mass is 222 g/mol. The molecule has 3 nitrogen and oxygen atoms in total. The molecule has 0 spiro atoms. The number of carbonyl (C=O) groups excluding carboxylic acids is 1. The van der Waals surface area contributed by atoms with Gasteiger partial charge in [-0.1, -0.05) is 12.1 Å². The predicted octanol–water partition coefficient (Wildman–Crippen LogP) is 2.32. The summed E-state index contributed by atoms with van der Waals surface area (Å²) in [5.41, 5.74) is 1.61. The Morgan fingerprint density at radius 1 is 1.53 bits per heavy atom. The minimum Gasteiger partial charge on any atom is -0.325 e. The van der Waals surface area contributed by atoms with Gasteiger partial charge in [-0.2, -0.15) is 5.26 Å². The average molecular weight is 223 g/mol. The number of benzene rings is 1. The number of amides is 1. The number of halogens is 1. The number of nitriles is 1. The van der Waals surface area contributed by atoms with E-state index in [0.717, 1.165) is 5.56 Å². The Morgan fingerprint density at radius 2 is 2.13 bits per heavy atom. The molecule has 0 aliphatic carbocycles. The number of alkyl halides is 1. The lowest BCUT2D eigenvalue weighted by molar-refractivity contribution is -0.115. The van der Waals surface area contributed by atoms with Crippen LogP contribution in [0.15, 0.2) is 24.3 Å². The second-order valence-corrected chi connectivity index (χ2v) is 3.79. The van der Waals surface area contributed by atoms with E-state index in [1.54, 1.807) is 31.2 Å². The number of carbonyl (C=O) groups is 1. The molecule has 1 aromatic carbocycles. The summed E-state index contributed by atoms with van der Waals surface area (Å²) in [6.45, 7) is 1.61. The Labute approximate surface area is 93.7 Å². The van der Waals surface area contributed by atoms with Gasteiger partial charge in [0.25, 0.3) is 0 Å². The zero-order chi connectivity index (χ0) is 11.3. The largest absolute Gasteiger partial charge is 0.325 e. The molecule has 78 valence electrons. The number of rotatable bonds is 3. The van der Waals surface area contributed by atoms with Crippen molar-refractivity contribution in [2.45, 2.75) is 18.7 Å². The third-order valence-corrected chi connectivity index (χ3v) is 2.06. The summed E-state index contributed by atoms with van der Waals surface area (Å²) in [5.74, 6) is -0.232. The van der Waals surface area contributed by atoms with Crippen LogP contribution in [0.4, 0.5) is 5.69 Å². The molecule has 1 amide bonds. The Morgan fingerprint density at radius 3 is 2.60 bits per heavy atom. The highest BCUT2D eigenvalue weighted by Gasteiger charge is 2.08. The minimum absolute atomic E-state index is 0.232. The van der Waals surface area contributed by atoms with Crippen LogP contribution < -0.4 is 5.32 Å². The van der Waals surface area contributed by atoms with Crippen molar-refractivity contribution in [1.82, 2.24) is 0 Å². The molecule has 0 bridgehead atoms. The van der Waals surface area contributed by atoms with Crippen LogP contribution in [0.5, 0.6) is 0 Å². The highest BCUT2D eigenvalue weighted by atomic mass is 35.5. The molecule has 1 N–H and O–H groups in total. The van der Waals surface area contributed by atoms with Crippen LogP contribution in [0.2, 0.25) is 0 Å². The fourth-order valence-electron chi connectivity index (χ4n) is 1.04. The number of hydrogen-bond donors (Lipinski definition) is 1. The molecular weight excluding hydrogens is 212 g/mol. The maximum atomic E-state index is 11.2. The van der Waals surface area contributed by atoms with Crippen LogP contribution in [0.1, 0.15) is 12.5 Å². The van der Waals surface area contributed by atoms with Crippen LogP contribution >= 0.6 is 11.6 Å². The normalized spacial score (nSPS) is 11.5. The second-order valence-electron chi connectivity index (χ2n) is 3.14. The summed E-state index contributed by atoms with van der Waals surface area (Å²) >= 11 is 5.60. The molecular formula is C11H11ClN2O. The van der Waals surface area contributed by atoms with E-state index in [-0.39, 0.29) is 5.91 Å². The molecule has 0 saturated carbocycles. The van der Waals surface area contributed by atoms with Crippen molar-refractivity contribution in [3.63, 3.8) is 0 Å². The van der Waals surface area contributed by atoms with Crippen LogP contribution in [-0.4, -0.2) is 11.3 Å². The van der Waals surface area contributed by atoms with Gasteiger partial charge in [0, 0.05) is 5.69 Å². The molecule has 15 heavy (non-hydrogen) atoms. The topological polar surface area (TPSA) is 52.9 Å². The Hall–Kier alpha value is -1.53. The van der Waals surface area contributed by atoms with Gasteiger partial charge in [0.05, 0.1) is 12.5 Å². The van der Waals surface area contributed by atoms with Gasteiger partial charge >= 0.3 is 0 Å². The minimum atomic E-state index is -0.552. The van der Waals surface area contributed by atoms with Gasteiger partial charge in [-0.15, -0.1) is 11.6 Å². The van der Waals surface area contributed by atoms with E-state index in [9.17, 15) is 4.79 Å². The van der Waals surface area contributed by atoms with E-state index in [1.165, 1.54) is 0 Å². The van der Waals surface area contributed by atoms with Crippen LogP contribution in [0.3, 0.4) is 0 Å². The Kier molecular flexibility index (Phi) is 4.14. The van der Waals surface area contributed by atoms with Crippen LogP contribution in [-0.2, 0) is 11.2 Å². The van der Waals surface area contributed by atoms with Crippen LogP contribution in [0, 0.1) is 11.3 Å². The fourth-order valence-corrected chi connectivity index (χ4v) is 1.09. The molecule has 0 saturated heterocycles. The maximum Gasteiger partial charge on any atom is 0.242 e. The van der Waals surface area contributed by atoms with Gasteiger partial charge in [0.15, 0.2) is 0 Å². The standard InChI is InChI=1S/C11H11ClN2O/c1-8(12)11(15)14-10-4-2-9(3-5-10)6-7-13/h2-5,8H,6H2,1H3,(H,14,15)/t8-/m0/s1. The molecule has 0 unspecified atom stereocenters. The van der Waals surface area contributed by atoms with Crippen molar-refractivity contribution < 1.29 is 4.79 Å². The lowest BCUT2D eigenvalue weighted by atomic mass is 10.1. The smallest absolute Gasteiger partial charge is 0.242 e. The first kappa shape index (κ1) is 11.5. The third-order valence-electron chi connectivity index (χ3n) is 1.87. The first-order chi connectivity index (χ1) is 7.13. The fraction of sp³-hybridized carbons (Fsp3) is 0.273. The number of nitrogens with zero attached hydrogens (tertiary/aromatic N) is 1. The van der Waals surface area contributed by atoms with E-state index < -0.39 is 5.38 Å². The maximum absolute atomic E-state index is 11.2. The molecule has 0 heterocycles. The van der Waals surface area contributed by atoms with E-state index in [4.69, 9.17) is 16.9 Å². The van der Waals surface area contributed by atoms with Gasteiger partial charge in [-0.25, -0.2) is 0 Å². The van der Waals surface area contributed by atoms with Gasteiger partial charge in [0.2, 0.25) is 5.91 Å². The Balaban J connectivity index is 2.65. The quantitative estimate of drug-likeness (QED) is 0.798. The number of anilines is 1. The second kappa shape index (κ2) is 5.38. The van der Waals surface area contributed by atoms with Crippen molar-refractivity contribution >= 4 is 23.2 Å². The molecule has 0 aromatic heterocycles. The number of hydrogen-bond acceptors (Lipinski definition) is 2. The molecule has 0 aliphatic heterocycles. The zero-order valence-corrected chi connectivity index (χ0v) is 9.08. The van der Waals surface area contributed by atoms with Crippen molar-refractivity contribution in [2.24, 2.45) is 0 Å². The van der Waals surface area contributed by atoms with Gasteiger partial charge in [0.1, 0.15) is 5.38 Å². The molecule has 4 heteroatoms. The van der Waals surface area contributed by atoms with E-state index in [1.807, 2.05) is 0 Å². The SMILES string of the molecule is C[C@H](Cl)C(=O)Nc1ccc(CC#N)cc1. The average Bonchev–Trinajstić information content (AvgIpc) is 2.21. The van der Waals surface area contributed by atoms with Gasteiger partial charge in [-0.3, -0.25) is 4.79 Å². The van der Waals surface area contributed by atoms with E-state index in [0.29, 0.717) is 12.1 Å². The number of nitrogens with one attached hydrogen (secondary N) is 1. The highest BCUT2D eigenvalue weighted by Crippen LogP contribution is 2.11. The molecule has 0 aliphatic rings. The summed E-state index contributed by atoms with van der Waals surface area (Å²) in [5, 5.41) is 10.6. The van der Waals surface area contributed by atoms with E-state index >= 15 is 0 Å². The van der Waals surface area contributed by atoms with Crippen molar-refractivity contribution in [3.05, 3.63) is 29.8 Å². The molecule has 1 rings (SSSR count). The molecule has 0 fully saturated rings. The van der Waals surface area contributed by atoms with Gasteiger partial charge < -0.3 is 5.32 Å². The Bertz CT molecular complexity index is 379. The first-order valence-electron chi connectivity index (χ1n) is 4.54. The molecule has 0 radical (unpaired) electrons.